The van der Waals surface area contributed by atoms with Crippen molar-refractivity contribution in [1.29, 1.82) is 0 Å². The second-order valence-electron chi connectivity index (χ2n) is 7.78. The van der Waals surface area contributed by atoms with E-state index in [0.717, 1.165) is 25.6 Å². The van der Waals surface area contributed by atoms with Crippen molar-refractivity contribution in [3.63, 3.8) is 0 Å². The lowest BCUT2D eigenvalue weighted by Crippen LogP contribution is -2.35. The molecule has 0 amide bonds. The van der Waals surface area contributed by atoms with E-state index in [2.05, 4.69) is 32.0 Å². The second kappa shape index (κ2) is 7.36. The van der Waals surface area contributed by atoms with E-state index in [1.807, 2.05) is 0 Å². The number of fused-ring (bicyclic) bond motifs is 1. The Balaban J connectivity index is 1.63. The van der Waals surface area contributed by atoms with Crippen LogP contribution in [0.1, 0.15) is 75.0 Å². The predicted molar refractivity (Wildman–Crippen MR) is 96.9 cm³/mol. The number of rotatable bonds is 6. The molecule has 0 unspecified atom stereocenters. The van der Waals surface area contributed by atoms with Crippen molar-refractivity contribution in [1.82, 2.24) is 0 Å². The summed E-state index contributed by atoms with van der Waals surface area (Å²) in [5.41, 5.74) is 11.3. The third-order valence-corrected chi connectivity index (χ3v) is 6.25. The van der Waals surface area contributed by atoms with E-state index in [1.54, 1.807) is 11.1 Å². The Morgan fingerprint density at radius 1 is 1.22 bits per heavy atom. The maximum absolute atomic E-state index is 6.49. The van der Waals surface area contributed by atoms with Gasteiger partial charge < -0.3 is 10.5 Å². The SMILES string of the molecule is CCOCC[C@@H]1CCc2cc([C@H]3CC[C@](N)(CC)C3)ccc2C1. The summed E-state index contributed by atoms with van der Waals surface area (Å²) in [6.07, 6.45) is 9.74. The molecule has 0 aliphatic heterocycles. The molecule has 2 aliphatic rings. The second-order valence-corrected chi connectivity index (χ2v) is 7.78. The van der Waals surface area contributed by atoms with Crippen molar-refractivity contribution in [2.45, 2.75) is 76.7 Å². The molecule has 1 aromatic carbocycles. The highest BCUT2D eigenvalue weighted by Crippen LogP contribution is 2.42. The van der Waals surface area contributed by atoms with Crippen LogP contribution in [0.2, 0.25) is 0 Å². The van der Waals surface area contributed by atoms with Crippen LogP contribution in [0.4, 0.5) is 0 Å². The standard InChI is InChI=1S/C21H33NO/c1-3-21(22)11-9-20(15-21)19-8-7-17-13-16(10-12-23-4-2)5-6-18(17)14-19/h7-8,14,16,20H,3-6,9-13,15,22H2,1-2H3/t16-,20-,21+/m0/s1. The highest BCUT2D eigenvalue weighted by molar-refractivity contribution is 5.36. The maximum Gasteiger partial charge on any atom is 0.0468 e. The van der Waals surface area contributed by atoms with Crippen LogP contribution in [0.5, 0.6) is 0 Å². The molecule has 128 valence electrons. The van der Waals surface area contributed by atoms with E-state index in [1.165, 1.54) is 50.5 Å². The number of benzene rings is 1. The summed E-state index contributed by atoms with van der Waals surface area (Å²) in [7, 11) is 0. The Morgan fingerprint density at radius 2 is 2.09 bits per heavy atom. The van der Waals surface area contributed by atoms with Crippen LogP contribution in [-0.2, 0) is 17.6 Å². The average molecular weight is 316 g/mol. The molecular weight excluding hydrogens is 282 g/mol. The van der Waals surface area contributed by atoms with Gasteiger partial charge in [0.15, 0.2) is 0 Å². The molecule has 2 nitrogen and oxygen atoms in total. The topological polar surface area (TPSA) is 35.2 Å². The Kier molecular flexibility index (Phi) is 5.43. The van der Waals surface area contributed by atoms with Crippen molar-refractivity contribution in [3.05, 3.63) is 34.9 Å². The van der Waals surface area contributed by atoms with E-state index in [-0.39, 0.29) is 5.54 Å². The fraction of sp³-hybridized carbons (Fsp3) is 0.714. The van der Waals surface area contributed by atoms with Crippen LogP contribution in [0.3, 0.4) is 0 Å². The fourth-order valence-electron chi connectivity index (χ4n) is 4.51. The third kappa shape index (κ3) is 3.97. The predicted octanol–water partition coefficient (Wildman–Crippen LogP) is 4.59. The van der Waals surface area contributed by atoms with E-state index in [4.69, 9.17) is 10.5 Å². The lowest BCUT2D eigenvalue weighted by atomic mass is 9.80. The van der Waals surface area contributed by atoms with Gasteiger partial charge in [0.2, 0.25) is 0 Å². The van der Waals surface area contributed by atoms with Gasteiger partial charge in [0.05, 0.1) is 0 Å². The van der Waals surface area contributed by atoms with Crippen molar-refractivity contribution in [2.24, 2.45) is 11.7 Å². The van der Waals surface area contributed by atoms with Gasteiger partial charge >= 0.3 is 0 Å². The largest absolute Gasteiger partial charge is 0.382 e. The summed E-state index contributed by atoms with van der Waals surface area (Å²) in [6, 6.07) is 7.29. The quantitative estimate of drug-likeness (QED) is 0.779. The minimum absolute atomic E-state index is 0.0882. The summed E-state index contributed by atoms with van der Waals surface area (Å²) in [5, 5.41) is 0. The zero-order valence-electron chi connectivity index (χ0n) is 14.9. The zero-order chi connectivity index (χ0) is 16.3. The van der Waals surface area contributed by atoms with Crippen LogP contribution in [-0.4, -0.2) is 18.8 Å². The number of nitrogens with two attached hydrogens (primary N) is 1. The van der Waals surface area contributed by atoms with Crippen LogP contribution >= 0.6 is 0 Å². The molecule has 2 aliphatic carbocycles. The van der Waals surface area contributed by atoms with E-state index in [9.17, 15) is 0 Å². The molecule has 0 saturated heterocycles. The molecule has 2 N–H and O–H groups in total. The molecule has 1 fully saturated rings. The van der Waals surface area contributed by atoms with Crippen LogP contribution in [0, 0.1) is 5.92 Å². The minimum atomic E-state index is 0.0882. The highest BCUT2D eigenvalue weighted by atomic mass is 16.5. The lowest BCUT2D eigenvalue weighted by Gasteiger charge is -2.26. The Bertz CT molecular complexity index is 527. The van der Waals surface area contributed by atoms with Gasteiger partial charge in [-0.1, -0.05) is 25.1 Å². The van der Waals surface area contributed by atoms with Gasteiger partial charge in [0, 0.05) is 18.8 Å². The zero-order valence-corrected chi connectivity index (χ0v) is 14.9. The highest BCUT2D eigenvalue weighted by Gasteiger charge is 2.35. The van der Waals surface area contributed by atoms with Crippen molar-refractivity contribution in [3.8, 4) is 0 Å². The summed E-state index contributed by atoms with van der Waals surface area (Å²) in [4.78, 5) is 0. The summed E-state index contributed by atoms with van der Waals surface area (Å²) in [6.45, 7) is 6.08. The number of aryl methyl sites for hydroxylation is 1. The van der Waals surface area contributed by atoms with Crippen molar-refractivity contribution >= 4 is 0 Å². The first-order valence-corrected chi connectivity index (χ1v) is 9.62. The van der Waals surface area contributed by atoms with Crippen LogP contribution < -0.4 is 5.73 Å². The fourth-order valence-corrected chi connectivity index (χ4v) is 4.51. The molecule has 0 heterocycles. The smallest absolute Gasteiger partial charge is 0.0468 e. The summed E-state index contributed by atoms with van der Waals surface area (Å²) in [5.74, 6) is 1.49. The van der Waals surface area contributed by atoms with Gasteiger partial charge in [0.25, 0.3) is 0 Å². The average Bonchev–Trinajstić information content (AvgIpc) is 2.98. The summed E-state index contributed by atoms with van der Waals surface area (Å²) < 4.78 is 5.53. The van der Waals surface area contributed by atoms with Crippen LogP contribution in [0.25, 0.3) is 0 Å². The van der Waals surface area contributed by atoms with E-state index < -0.39 is 0 Å². The molecule has 3 rings (SSSR count). The molecule has 3 atom stereocenters. The first-order chi connectivity index (χ1) is 11.1. The van der Waals surface area contributed by atoms with Gasteiger partial charge in [-0.15, -0.1) is 0 Å². The molecule has 0 spiro atoms. The molecule has 1 saturated carbocycles. The Labute approximate surface area is 141 Å². The monoisotopic (exact) mass is 315 g/mol. The molecule has 0 aromatic heterocycles. The first-order valence-electron chi connectivity index (χ1n) is 9.62. The van der Waals surface area contributed by atoms with E-state index in [0.29, 0.717) is 5.92 Å². The van der Waals surface area contributed by atoms with E-state index >= 15 is 0 Å². The molecule has 0 bridgehead atoms. The van der Waals surface area contributed by atoms with Crippen LogP contribution in [0.15, 0.2) is 18.2 Å². The molecule has 1 aromatic rings. The molecule has 0 radical (unpaired) electrons. The van der Waals surface area contributed by atoms with Crippen molar-refractivity contribution < 1.29 is 4.74 Å². The Hall–Kier alpha value is -0.860. The number of hydrogen-bond acceptors (Lipinski definition) is 2. The number of ether oxygens (including phenoxy) is 1. The summed E-state index contributed by atoms with van der Waals surface area (Å²) >= 11 is 0. The molecular formula is C21H33NO. The maximum atomic E-state index is 6.49. The normalized spacial score (nSPS) is 30.4. The van der Waals surface area contributed by atoms with Gasteiger partial charge in [-0.25, -0.2) is 0 Å². The van der Waals surface area contributed by atoms with Crippen molar-refractivity contribution in [2.75, 3.05) is 13.2 Å². The van der Waals surface area contributed by atoms with Gasteiger partial charge in [-0.2, -0.15) is 0 Å². The molecule has 23 heavy (non-hydrogen) atoms. The van der Waals surface area contributed by atoms with Gasteiger partial charge in [-0.3, -0.25) is 0 Å². The van der Waals surface area contributed by atoms with Gasteiger partial charge in [0.1, 0.15) is 0 Å². The molecule has 2 heteroatoms. The Morgan fingerprint density at radius 3 is 2.83 bits per heavy atom. The van der Waals surface area contributed by atoms with Gasteiger partial charge in [-0.05, 0) is 86.8 Å². The minimum Gasteiger partial charge on any atom is -0.382 e. The lowest BCUT2D eigenvalue weighted by molar-refractivity contribution is 0.129. The third-order valence-electron chi connectivity index (χ3n) is 6.25. The first kappa shape index (κ1) is 17.0. The number of hydrogen-bond donors (Lipinski definition) is 1.